The molecule has 1 spiro atoms. The number of fused-ring (bicyclic) bond motifs is 2. The first kappa shape index (κ1) is 16.7. The normalized spacial score (nSPS) is 19.0. The fourth-order valence-electron chi connectivity index (χ4n) is 4.42. The Balaban J connectivity index is 1.40. The van der Waals surface area contributed by atoms with Crippen LogP contribution in [0.5, 0.6) is 0 Å². The van der Waals surface area contributed by atoms with Crippen LogP contribution in [0.1, 0.15) is 29.2 Å². The number of anilines is 1. The highest BCUT2D eigenvalue weighted by atomic mass is 32.1. The second-order valence-corrected chi connectivity index (χ2v) is 8.25. The second-order valence-electron chi connectivity index (χ2n) is 7.27. The molecular formula is C21H21N3O2S. The number of hydrogen-bond acceptors (Lipinski definition) is 5. The molecule has 0 radical (unpaired) electrons. The fraction of sp³-hybridized carbons (Fsp3) is 0.333. The third kappa shape index (κ3) is 2.80. The molecule has 1 aromatic carbocycles. The van der Waals surface area contributed by atoms with Crippen LogP contribution in [0.25, 0.3) is 0 Å². The molecule has 0 aliphatic carbocycles. The standard InChI is InChI=1S/C21H21N3O2S/c25-20-21(7-10-23(11-8-21)14-16-4-3-12-26-16)17-5-1-2-6-18(17)24(20)15-19-22-9-13-27-19/h1-6,9,12-13H,7-8,10-11,14-15H2. The van der Waals surface area contributed by atoms with E-state index in [1.54, 1.807) is 23.8 Å². The maximum Gasteiger partial charge on any atom is 0.238 e. The van der Waals surface area contributed by atoms with E-state index in [1.807, 2.05) is 28.5 Å². The van der Waals surface area contributed by atoms with E-state index in [2.05, 4.69) is 28.1 Å². The molecule has 2 aliphatic rings. The summed E-state index contributed by atoms with van der Waals surface area (Å²) in [6.07, 6.45) is 5.21. The Hall–Kier alpha value is -2.44. The summed E-state index contributed by atoms with van der Waals surface area (Å²) in [5.74, 6) is 1.21. The Morgan fingerprint density at radius 3 is 2.70 bits per heavy atom. The van der Waals surface area contributed by atoms with Crippen molar-refractivity contribution < 1.29 is 9.21 Å². The van der Waals surface area contributed by atoms with E-state index >= 15 is 0 Å². The van der Waals surface area contributed by atoms with Gasteiger partial charge in [0.1, 0.15) is 10.8 Å². The maximum atomic E-state index is 13.6. The van der Waals surface area contributed by atoms with Gasteiger partial charge in [0.05, 0.1) is 24.8 Å². The molecule has 5 nitrogen and oxygen atoms in total. The van der Waals surface area contributed by atoms with Crippen molar-refractivity contribution in [1.29, 1.82) is 0 Å². The van der Waals surface area contributed by atoms with Crippen molar-refractivity contribution in [3.8, 4) is 0 Å². The van der Waals surface area contributed by atoms with Gasteiger partial charge in [-0.1, -0.05) is 18.2 Å². The van der Waals surface area contributed by atoms with Crippen molar-refractivity contribution in [3.05, 3.63) is 70.6 Å². The number of benzene rings is 1. The SMILES string of the molecule is O=C1N(Cc2nccs2)c2ccccc2C12CCN(Cc1ccco1)CC2. The maximum absolute atomic E-state index is 13.6. The number of hydrogen-bond donors (Lipinski definition) is 0. The first-order valence-corrected chi connectivity index (χ1v) is 10.2. The van der Waals surface area contributed by atoms with Gasteiger partial charge < -0.3 is 9.32 Å². The monoisotopic (exact) mass is 379 g/mol. The number of para-hydroxylation sites is 1. The first-order chi connectivity index (χ1) is 13.3. The molecule has 27 heavy (non-hydrogen) atoms. The van der Waals surface area contributed by atoms with Gasteiger partial charge in [-0.05, 0) is 49.7 Å². The minimum atomic E-state index is -0.395. The lowest BCUT2D eigenvalue weighted by Gasteiger charge is -2.38. The van der Waals surface area contributed by atoms with Gasteiger partial charge in [-0.25, -0.2) is 4.98 Å². The van der Waals surface area contributed by atoms with E-state index in [-0.39, 0.29) is 5.91 Å². The van der Waals surface area contributed by atoms with E-state index in [0.29, 0.717) is 6.54 Å². The molecule has 2 aliphatic heterocycles. The lowest BCUT2D eigenvalue weighted by Crippen LogP contribution is -2.48. The Kier molecular flexibility index (Phi) is 4.10. The molecule has 138 valence electrons. The summed E-state index contributed by atoms with van der Waals surface area (Å²) in [6, 6.07) is 12.2. The molecule has 0 bridgehead atoms. The summed E-state index contributed by atoms with van der Waals surface area (Å²) in [5.41, 5.74) is 1.84. The zero-order valence-corrected chi connectivity index (χ0v) is 15.8. The number of aromatic nitrogens is 1. The summed E-state index contributed by atoms with van der Waals surface area (Å²) in [6.45, 7) is 3.16. The first-order valence-electron chi connectivity index (χ1n) is 9.31. The summed E-state index contributed by atoms with van der Waals surface area (Å²) in [4.78, 5) is 22.3. The number of likely N-dealkylation sites (tertiary alicyclic amines) is 1. The van der Waals surface area contributed by atoms with Gasteiger partial charge in [-0.15, -0.1) is 11.3 Å². The van der Waals surface area contributed by atoms with E-state index in [4.69, 9.17) is 4.42 Å². The molecule has 1 amide bonds. The molecule has 0 unspecified atom stereocenters. The summed E-state index contributed by atoms with van der Waals surface area (Å²) >= 11 is 1.60. The number of thiazole rings is 1. The molecular weight excluding hydrogens is 358 g/mol. The van der Waals surface area contributed by atoms with Gasteiger partial charge >= 0.3 is 0 Å². The van der Waals surface area contributed by atoms with Gasteiger partial charge in [0.15, 0.2) is 0 Å². The largest absolute Gasteiger partial charge is 0.468 e. The van der Waals surface area contributed by atoms with Gasteiger partial charge in [0, 0.05) is 17.3 Å². The van der Waals surface area contributed by atoms with Gasteiger partial charge in [-0.2, -0.15) is 0 Å². The molecule has 5 rings (SSSR count). The Morgan fingerprint density at radius 2 is 1.96 bits per heavy atom. The number of carbonyl (C=O) groups excluding carboxylic acids is 1. The third-order valence-corrected chi connectivity index (χ3v) is 6.58. The molecule has 2 aromatic heterocycles. The van der Waals surface area contributed by atoms with Crippen molar-refractivity contribution >= 4 is 22.9 Å². The molecule has 3 aromatic rings. The van der Waals surface area contributed by atoms with Crippen LogP contribution in [0.15, 0.2) is 58.7 Å². The van der Waals surface area contributed by atoms with E-state index in [1.165, 1.54) is 5.56 Å². The number of piperidine rings is 1. The zero-order valence-electron chi connectivity index (χ0n) is 15.0. The highest BCUT2D eigenvalue weighted by Crippen LogP contribution is 2.48. The van der Waals surface area contributed by atoms with E-state index < -0.39 is 5.41 Å². The van der Waals surface area contributed by atoms with Gasteiger partial charge in [0.2, 0.25) is 5.91 Å². The van der Waals surface area contributed by atoms with Gasteiger partial charge in [0.25, 0.3) is 0 Å². The average molecular weight is 379 g/mol. The highest BCUT2D eigenvalue weighted by Gasteiger charge is 2.51. The predicted molar refractivity (Wildman–Crippen MR) is 105 cm³/mol. The lowest BCUT2D eigenvalue weighted by atomic mass is 9.73. The molecule has 4 heterocycles. The average Bonchev–Trinajstić information content (AvgIpc) is 3.44. The van der Waals surface area contributed by atoms with Crippen molar-refractivity contribution in [2.24, 2.45) is 0 Å². The molecule has 0 saturated carbocycles. The number of nitrogens with zero attached hydrogens (tertiary/aromatic N) is 3. The number of rotatable bonds is 4. The van der Waals surface area contributed by atoms with Crippen LogP contribution in [-0.2, 0) is 23.3 Å². The van der Waals surface area contributed by atoms with Crippen LogP contribution in [0.4, 0.5) is 5.69 Å². The van der Waals surface area contributed by atoms with E-state index in [9.17, 15) is 4.79 Å². The number of amides is 1. The Bertz CT molecular complexity index is 928. The molecule has 1 fully saturated rings. The van der Waals surface area contributed by atoms with Crippen LogP contribution >= 0.6 is 11.3 Å². The van der Waals surface area contributed by atoms with Crippen LogP contribution in [0.2, 0.25) is 0 Å². The lowest BCUT2D eigenvalue weighted by molar-refractivity contribution is -0.125. The number of furan rings is 1. The molecule has 0 atom stereocenters. The Morgan fingerprint density at radius 1 is 1.11 bits per heavy atom. The minimum Gasteiger partial charge on any atom is -0.468 e. The minimum absolute atomic E-state index is 0.233. The zero-order chi connectivity index (χ0) is 18.3. The van der Waals surface area contributed by atoms with Crippen molar-refractivity contribution in [1.82, 2.24) is 9.88 Å². The summed E-state index contributed by atoms with van der Waals surface area (Å²) in [7, 11) is 0. The quantitative estimate of drug-likeness (QED) is 0.692. The topological polar surface area (TPSA) is 49.6 Å². The summed E-state index contributed by atoms with van der Waals surface area (Å²) in [5, 5.41) is 2.94. The molecule has 1 saturated heterocycles. The summed E-state index contributed by atoms with van der Waals surface area (Å²) < 4.78 is 5.48. The van der Waals surface area contributed by atoms with Gasteiger partial charge in [-0.3, -0.25) is 9.69 Å². The third-order valence-electron chi connectivity index (χ3n) is 5.81. The Labute approximate surface area is 162 Å². The van der Waals surface area contributed by atoms with Crippen molar-refractivity contribution in [2.45, 2.75) is 31.3 Å². The second kappa shape index (κ2) is 6.62. The van der Waals surface area contributed by atoms with Crippen LogP contribution in [-0.4, -0.2) is 28.9 Å². The fourth-order valence-corrected chi connectivity index (χ4v) is 5.02. The number of carbonyl (C=O) groups is 1. The predicted octanol–water partition coefficient (Wildman–Crippen LogP) is 3.82. The van der Waals surface area contributed by atoms with E-state index in [0.717, 1.165) is 48.9 Å². The smallest absolute Gasteiger partial charge is 0.238 e. The highest BCUT2D eigenvalue weighted by molar-refractivity contribution is 7.09. The van der Waals surface area contributed by atoms with Crippen molar-refractivity contribution in [2.75, 3.05) is 18.0 Å². The van der Waals surface area contributed by atoms with Crippen LogP contribution < -0.4 is 4.90 Å². The molecule has 0 N–H and O–H groups in total. The molecule has 6 heteroatoms. The van der Waals surface area contributed by atoms with Crippen LogP contribution in [0.3, 0.4) is 0 Å². The van der Waals surface area contributed by atoms with Crippen molar-refractivity contribution in [3.63, 3.8) is 0 Å². The van der Waals surface area contributed by atoms with Crippen LogP contribution in [0, 0.1) is 0 Å².